The second-order valence-corrected chi connectivity index (χ2v) is 7.41. The number of hydrogen-bond acceptors (Lipinski definition) is 4. The lowest BCUT2D eigenvalue weighted by Gasteiger charge is -2.10. The van der Waals surface area contributed by atoms with Crippen LogP contribution in [-0.4, -0.2) is 16.5 Å². The van der Waals surface area contributed by atoms with Crippen LogP contribution < -0.4 is 5.43 Å². The molecule has 3 aromatic carbocycles. The van der Waals surface area contributed by atoms with Crippen molar-refractivity contribution in [2.24, 2.45) is 5.10 Å². The Bertz CT molecular complexity index is 1330. The van der Waals surface area contributed by atoms with Crippen molar-refractivity contribution in [3.05, 3.63) is 82.4 Å². The molecule has 0 unspecified atom stereocenters. The summed E-state index contributed by atoms with van der Waals surface area (Å²) in [6.07, 6.45) is 0. The quantitative estimate of drug-likeness (QED) is 0.489. The minimum absolute atomic E-state index is 0.0522. The number of ketones is 1. The smallest absolute Gasteiger partial charge is 0.214 e. The molecule has 0 atom stereocenters. The average molecular weight is 365 g/mol. The monoisotopic (exact) mass is 365 g/mol. The molecule has 1 aliphatic carbocycles. The maximum atomic E-state index is 12.9. The van der Waals surface area contributed by atoms with E-state index in [1.165, 1.54) is 5.56 Å². The second-order valence-electron chi connectivity index (χ2n) is 7.41. The van der Waals surface area contributed by atoms with Crippen LogP contribution in [0.15, 0.2) is 59.7 Å². The molecule has 1 heterocycles. The van der Waals surface area contributed by atoms with Crippen LogP contribution in [-0.2, 0) is 0 Å². The van der Waals surface area contributed by atoms with Crippen molar-refractivity contribution in [3.63, 3.8) is 0 Å². The third-order valence-corrected chi connectivity index (χ3v) is 5.36. The van der Waals surface area contributed by atoms with Crippen molar-refractivity contribution in [2.75, 3.05) is 5.43 Å². The molecule has 0 fully saturated rings. The third kappa shape index (κ3) is 2.42. The first-order valence-electron chi connectivity index (χ1n) is 9.32. The Morgan fingerprint density at radius 3 is 2.43 bits per heavy atom. The van der Waals surface area contributed by atoms with Crippen molar-refractivity contribution in [1.82, 2.24) is 4.98 Å². The average Bonchev–Trinajstić information content (AvgIpc) is 2.95. The van der Waals surface area contributed by atoms with Crippen molar-refractivity contribution < 1.29 is 4.79 Å². The molecule has 0 saturated carbocycles. The number of anilines is 1. The standard InChI is InChI=1S/C24H19N3O/c1-13-10-15(3)22-19(11-13)14(2)12-20(25-22)26-27-23-17-8-4-6-16-7-5-9-18(21(16)17)24(23)28/h4-12H,1-3H3,(H,25,26). The van der Waals surface area contributed by atoms with E-state index in [9.17, 15) is 4.79 Å². The molecule has 4 heteroatoms. The molecule has 4 aromatic rings. The first-order valence-corrected chi connectivity index (χ1v) is 9.32. The summed E-state index contributed by atoms with van der Waals surface area (Å²) in [5.74, 6) is 0.587. The Labute approximate surface area is 162 Å². The largest absolute Gasteiger partial charge is 0.287 e. The normalized spacial score (nSPS) is 14.4. The van der Waals surface area contributed by atoms with Crippen molar-refractivity contribution >= 4 is 39.0 Å². The lowest BCUT2D eigenvalue weighted by molar-refractivity contribution is 0.107. The SMILES string of the molecule is Cc1cc(C)c2nc(NN=C3C(=O)c4cccc5cccc3c45)cc(C)c2c1. The Kier molecular flexibility index (Phi) is 3.56. The molecule has 0 radical (unpaired) electrons. The van der Waals surface area contributed by atoms with Gasteiger partial charge in [-0.05, 0) is 49.4 Å². The first kappa shape index (κ1) is 16.6. The van der Waals surface area contributed by atoms with Crippen LogP contribution in [0.4, 0.5) is 5.82 Å². The number of carbonyl (C=O) groups is 1. The molecule has 136 valence electrons. The number of nitrogens with one attached hydrogen (secondary N) is 1. The summed E-state index contributed by atoms with van der Waals surface area (Å²) < 4.78 is 0. The van der Waals surface area contributed by atoms with E-state index >= 15 is 0 Å². The van der Waals surface area contributed by atoms with Crippen molar-refractivity contribution in [3.8, 4) is 0 Å². The summed E-state index contributed by atoms with van der Waals surface area (Å²) in [4.78, 5) is 17.6. The molecular weight excluding hydrogens is 346 g/mol. The summed E-state index contributed by atoms with van der Waals surface area (Å²) in [7, 11) is 0. The van der Waals surface area contributed by atoms with Gasteiger partial charge in [0.1, 0.15) is 11.5 Å². The summed E-state index contributed by atoms with van der Waals surface area (Å²) in [5, 5.41) is 7.64. The topological polar surface area (TPSA) is 54.4 Å². The van der Waals surface area contributed by atoms with Crippen molar-refractivity contribution in [2.45, 2.75) is 20.8 Å². The summed E-state index contributed by atoms with van der Waals surface area (Å²) in [6.45, 7) is 6.22. The zero-order valence-corrected chi connectivity index (χ0v) is 16.0. The van der Waals surface area contributed by atoms with E-state index in [2.05, 4.69) is 43.4 Å². The molecule has 0 aliphatic heterocycles. The van der Waals surface area contributed by atoms with E-state index in [0.29, 0.717) is 17.1 Å². The Morgan fingerprint density at radius 2 is 1.64 bits per heavy atom. The van der Waals surface area contributed by atoms with E-state index in [1.54, 1.807) is 0 Å². The lowest BCUT2D eigenvalue weighted by atomic mass is 10.0. The molecular formula is C24H19N3O. The van der Waals surface area contributed by atoms with Gasteiger partial charge in [0, 0.05) is 21.9 Å². The molecule has 28 heavy (non-hydrogen) atoms. The van der Waals surface area contributed by atoms with E-state index in [4.69, 9.17) is 4.98 Å². The predicted octanol–water partition coefficient (Wildman–Crippen LogP) is 5.33. The third-order valence-electron chi connectivity index (χ3n) is 5.36. The highest BCUT2D eigenvalue weighted by Gasteiger charge is 2.28. The van der Waals surface area contributed by atoms with E-state index in [0.717, 1.165) is 38.4 Å². The van der Waals surface area contributed by atoms with E-state index in [-0.39, 0.29) is 5.78 Å². The number of fused-ring (bicyclic) bond motifs is 1. The highest BCUT2D eigenvalue weighted by molar-refractivity contribution is 6.59. The second kappa shape index (κ2) is 5.99. The first-order chi connectivity index (χ1) is 13.5. The zero-order valence-electron chi connectivity index (χ0n) is 16.0. The highest BCUT2D eigenvalue weighted by atomic mass is 16.1. The fraction of sp³-hybridized carbons (Fsp3) is 0.125. The van der Waals surface area contributed by atoms with Gasteiger partial charge < -0.3 is 0 Å². The number of aryl methyl sites for hydroxylation is 3. The van der Waals surface area contributed by atoms with Crippen LogP contribution in [0, 0.1) is 20.8 Å². The maximum Gasteiger partial charge on any atom is 0.214 e. The van der Waals surface area contributed by atoms with Gasteiger partial charge in [0.25, 0.3) is 0 Å². The van der Waals surface area contributed by atoms with E-state index < -0.39 is 0 Å². The minimum atomic E-state index is -0.0522. The lowest BCUT2D eigenvalue weighted by Crippen LogP contribution is -2.11. The Hall–Kier alpha value is -3.53. The van der Waals surface area contributed by atoms with Gasteiger partial charge in [-0.1, -0.05) is 48.0 Å². The van der Waals surface area contributed by atoms with Crippen LogP contribution >= 0.6 is 0 Å². The Morgan fingerprint density at radius 1 is 0.893 bits per heavy atom. The van der Waals surface area contributed by atoms with Crippen LogP contribution in [0.25, 0.3) is 21.7 Å². The van der Waals surface area contributed by atoms with Gasteiger partial charge in [-0.25, -0.2) is 4.98 Å². The van der Waals surface area contributed by atoms with Gasteiger partial charge in [0.2, 0.25) is 5.78 Å². The van der Waals surface area contributed by atoms with Crippen molar-refractivity contribution in [1.29, 1.82) is 0 Å². The van der Waals surface area contributed by atoms with Gasteiger partial charge in [0.15, 0.2) is 0 Å². The van der Waals surface area contributed by atoms with Gasteiger partial charge in [-0.15, -0.1) is 0 Å². The molecule has 4 nitrogen and oxygen atoms in total. The number of Topliss-reactive ketones (excluding diaryl/α,β-unsaturated/α-hetero) is 1. The molecule has 1 aromatic heterocycles. The van der Waals surface area contributed by atoms with Gasteiger partial charge in [0.05, 0.1) is 5.52 Å². The van der Waals surface area contributed by atoms with Gasteiger partial charge in [-0.2, -0.15) is 5.10 Å². The molecule has 0 amide bonds. The van der Waals surface area contributed by atoms with Crippen LogP contribution in [0.5, 0.6) is 0 Å². The number of hydrogen-bond donors (Lipinski definition) is 1. The number of benzene rings is 3. The van der Waals surface area contributed by atoms with Crippen LogP contribution in [0.1, 0.15) is 32.6 Å². The summed E-state index contributed by atoms with van der Waals surface area (Å²) >= 11 is 0. The fourth-order valence-electron chi connectivity index (χ4n) is 4.10. The highest BCUT2D eigenvalue weighted by Crippen LogP contribution is 2.31. The summed E-state index contributed by atoms with van der Waals surface area (Å²) in [6, 6.07) is 18.0. The molecule has 5 rings (SSSR count). The number of pyridine rings is 1. The van der Waals surface area contributed by atoms with Crippen LogP contribution in [0.2, 0.25) is 0 Å². The molecule has 0 spiro atoms. The number of rotatable bonds is 2. The summed E-state index contributed by atoms with van der Waals surface area (Å²) in [5.41, 5.74) is 9.48. The number of nitrogens with zero attached hydrogens (tertiary/aromatic N) is 2. The van der Waals surface area contributed by atoms with E-state index in [1.807, 2.05) is 42.5 Å². The predicted molar refractivity (Wildman–Crippen MR) is 114 cm³/mol. The fourth-order valence-corrected chi connectivity index (χ4v) is 4.10. The minimum Gasteiger partial charge on any atom is -0.287 e. The van der Waals surface area contributed by atoms with Gasteiger partial charge >= 0.3 is 0 Å². The number of hydrazone groups is 1. The number of carbonyl (C=O) groups excluding carboxylic acids is 1. The maximum absolute atomic E-state index is 12.9. The van der Waals surface area contributed by atoms with Crippen LogP contribution in [0.3, 0.4) is 0 Å². The van der Waals surface area contributed by atoms with Gasteiger partial charge in [-0.3, -0.25) is 10.2 Å². The zero-order chi connectivity index (χ0) is 19.4. The number of aromatic nitrogens is 1. The molecule has 1 N–H and O–H groups in total. The molecule has 0 bridgehead atoms. The molecule has 1 aliphatic rings. The Balaban J connectivity index is 1.59. The molecule has 0 saturated heterocycles.